The minimum absolute atomic E-state index is 0.971. The molecular formula is C24H15. The van der Waals surface area contributed by atoms with Crippen molar-refractivity contribution in [1.29, 1.82) is 0 Å². The van der Waals surface area contributed by atoms with E-state index in [1.165, 1.54) is 32.3 Å². The van der Waals surface area contributed by atoms with Crippen LogP contribution < -0.4 is 0 Å². The van der Waals surface area contributed by atoms with E-state index in [-0.39, 0.29) is 0 Å². The summed E-state index contributed by atoms with van der Waals surface area (Å²) in [6.45, 7) is 0. The summed E-state index contributed by atoms with van der Waals surface area (Å²) < 4.78 is 0. The molecule has 0 aromatic heterocycles. The Balaban J connectivity index is 1.80. The highest BCUT2D eigenvalue weighted by Gasteiger charge is 2.09. The lowest BCUT2D eigenvalue weighted by Gasteiger charge is -2.11. The quantitative estimate of drug-likeness (QED) is 0.275. The molecule has 0 spiro atoms. The highest BCUT2D eigenvalue weighted by molar-refractivity contribution is 6.23. The van der Waals surface area contributed by atoms with Gasteiger partial charge in [0.05, 0.1) is 0 Å². The van der Waals surface area contributed by atoms with Crippen molar-refractivity contribution in [3.8, 4) is 11.8 Å². The van der Waals surface area contributed by atoms with Gasteiger partial charge in [-0.2, -0.15) is 0 Å². The first kappa shape index (κ1) is 13.4. The van der Waals surface area contributed by atoms with E-state index in [1.807, 2.05) is 0 Å². The van der Waals surface area contributed by atoms with Crippen LogP contribution in [0.5, 0.6) is 0 Å². The van der Waals surface area contributed by atoms with Gasteiger partial charge in [0.25, 0.3) is 0 Å². The van der Waals surface area contributed by atoms with Gasteiger partial charge in [-0.3, -0.25) is 0 Å². The lowest BCUT2D eigenvalue weighted by molar-refractivity contribution is 1.25. The van der Waals surface area contributed by atoms with Crippen molar-refractivity contribution < 1.29 is 0 Å². The minimum Gasteiger partial charge on any atom is -0.0793 e. The molecule has 0 fully saturated rings. The van der Waals surface area contributed by atoms with Crippen LogP contribution >= 0.6 is 0 Å². The normalized spacial score (nSPS) is 14.1. The Morgan fingerprint density at radius 3 is 2.25 bits per heavy atom. The Bertz CT molecular complexity index is 1180. The second kappa shape index (κ2) is 5.25. The van der Waals surface area contributed by atoms with E-state index < -0.39 is 0 Å². The van der Waals surface area contributed by atoms with Gasteiger partial charge in [0, 0.05) is 11.1 Å². The highest BCUT2D eigenvalue weighted by Crippen LogP contribution is 2.35. The molecule has 5 rings (SSSR count). The molecule has 1 aliphatic carbocycles. The summed E-state index contributed by atoms with van der Waals surface area (Å²) in [4.78, 5) is 0. The first-order valence-electron chi connectivity index (χ1n) is 8.29. The first-order chi connectivity index (χ1) is 11.9. The fraction of sp³-hybridized carbons (Fsp3) is 0.0417. The number of benzene rings is 4. The van der Waals surface area contributed by atoms with Gasteiger partial charge in [0.1, 0.15) is 0 Å². The zero-order valence-corrected chi connectivity index (χ0v) is 13.2. The summed E-state index contributed by atoms with van der Waals surface area (Å²) in [6.07, 6.45) is 9.43. The van der Waals surface area contributed by atoms with Gasteiger partial charge >= 0.3 is 0 Å². The van der Waals surface area contributed by atoms with E-state index in [0.717, 1.165) is 17.6 Å². The zero-order valence-electron chi connectivity index (χ0n) is 13.2. The highest BCUT2D eigenvalue weighted by atomic mass is 14.1. The molecule has 0 amide bonds. The molecular weight excluding hydrogens is 288 g/mol. The second-order valence-electron chi connectivity index (χ2n) is 6.21. The van der Waals surface area contributed by atoms with Crippen LogP contribution in [-0.4, -0.2) is 0 Å². The predicted octanol–water partition coefficient (Wildman–Crippen LogP) is 6.03. The van der Waals surface area contributed by atoms with Crippen LogP contribution in [0.3, 0.4) is 0 Å². The summed E-state index contributed by atoms with van der Waals surface area (Å²) in [5, 5.41) is 7.80. The number of rotatable bonds is 0. The molecule has 0 N–H and O–H groups in total. The molecule has 0 unspecified atom stereocenters. The molecule has 4 aromatic carbocycles. The van der Waals surface area contributed by atoms with E-state index in [9.17, 15) is 0 Å². The molecule has 1 aliphatic rings. The summed E-state index contributed by atoms with van der Waals surface area (Å²) in [5.74, 6) is 6.70. The van der Waals surface area contributed by atoms with Crippen molar-refractivity contribution in [2.24, 2.45) is 0 Å². The van der Waals surface area contributed by atoms with Crippen molar-refractivity contribution in [2.75, 3.05) is 0 Å². The Hall–Kier alpha value is -3.04. The van der Waals surface area contributed by atoms with E-state index in [1.54, 1.807) is 0 Å². The van der Waals surface area contributed by atoms with Crippen molar-refractivity contribution in [3.05, 3.63) is 90.4 Å². The molecule has 0 heteroatoms. The molecule has 0 saturated carbocycles. The fourth-order valence-corrected chi connectivity index (χ4v) is 3.59. The largest absolute Gasteiger partial charge is 0.0793 e. The van der Waals surface area contributed by atoms with E-state index in [2.05, 4.69) is 91.1 Å². The molecule has 24 heavy (non-hydrogen) atoms. The van der Waals surface area contributed by atoms with Gasteiger partial charge in [0.15, 0.2) is 0 Å². The van der Waals surface area contributed by atoms with Crippen LogP contribution in [0.15, 0.2) is 78.4 Å². The molecule has 0 atom stereocenters. The summed E-state index contributed by atoms with van der Waals surface area (Å²) in [6, 6.07) is 19.7. The van der Waals surface area contributed by atoms with Gasteiger partial charge < -0.3 is 0 Å². The van der Waals surface area contributed by atoms with Crippen LogP contribution in [-0.2, 0) is 0 Å². The van der Waals surface area contributed by atoms with Gasteiger partial charge in [-0.1, -0.05) is 78.6 Å². The topological polar surface area (TPSA) is 0 Å². The smallest absolute Gasteiger partial charge is 0.0328 e. The third-order valence-corrected chi connectivity index (χ3v) is 4.76. The van der Waals surface area contributed by atoms with Crippen LogP contribution in [0.4, 0.5) is 0 Å². The van der Waals surface area contributed by atoms with Gasteiger partial charge in [0.2, 0.25) is 0 Å². The van der Waals surface area contributed by atoms with E-state index >= 15 is 0 Å². The van der Waals surface area contributed by atoms with Gasteiger partial charge in [-0.05, 0) is 51.2 Å². The molecule has 4 aromatic rings. The molecule has 111 valence electrons. The lowest BCUT2D eigenvalue weighted by atomic mass is 9.92. The molecule has 1 radical (unpaired) electrons. The second-order valence-corrected chi connectivity index (χ2v) is 6.21. The lowest BCUT2D eigenvalue weighted by Crippen LogP contribution is -1.87. The third kappa shape index (κ3) is 2.02. The van der Waals surface area contributed by atoms with Crippen LogP contribution in [0.2, 0.25) is 0 Å². The Morgan fingerprint density at radius 2 is 1.46 bits per heavy atom. The summed E-state index contributed by atoms with van der Waals surface area (Å²) in [7, 11) is 0. The fourth-order valence-electron chi connectivity index (χ4n) is 3.59. The SMILES string of the molecule is C(#Cc1ccc2ccc3cccc4ccc1c2c34)C1=CC[CH]C=C1. The van der Waals surface area contributed by atoms with Crippen molar-refractivity contribution in [2.45, 2.75) is 6.42 Å². The Kier molecular flexibility index (Phi) is 2.93. The number of allylic oxidation sites excluding steroid dienone is 4. The average molecular weight is 303 g/mol. The third-order valence-electron chi connectivity index (χ3n) is 4.76. The summed E-state index contributed by atoms with van der Waals surface area (Å²) >= 11 is 0. The maximum Gasteiger partial charge on any atom is 0.0328 e. The van der Waals surface area contributed by atoms with Crippen LogP contribution in [0, 0.1) is 18.3 Å². The predicted molar refractivity (Wildman–Crippen MR) is 103 cm³/mol. The van der Waals surface area contributed by atoms with E-state index in [0.29, 0.717) is 0 Å². The average Bonchev–Trinajstić information content (AvgIpc) is 2.66. The first-order valence-corrected chi connectivity index (χ1v) is 8.29. The maximum atomic E-state index is 3.39. The number of hydrogen-bond acceptors (Lipinski definition) is 0. The molecule has 0 saturated heterocycles. The van der Waals surface area contributed by atoms with E-state index in [4.69, 9.17) is 0 Å². The zero-order chi connectivity index (χ0) is 15.9. The van der Waals surface area contributed by atoms with Crippen LogP contribution in [0.25, 0.3) is 32.3 Å². The molecule has 0 bridgehead atoms. The van der Waals surface area contributed by atoms with Gasteiger partial charge in [-0.25, -0.2) is 0 Å². The van der Waals surface area contributed by atoms with Crippen LogP contribution in [0.1, 0.15) is 12.0 Å². The maximum absolute atomic E-state index is 3.39. The van der Waals surface area contributed by atoms with Crippen molar-refractivity contribution in [1.82, 2.24) is 0 Å². The standard InChI is InChI=1S/C24H15/c1-2-5-17(6-3-1)9-10-18-11-12-21-14-13-19-7-4-8-20-15-16-22(18)24(21)23(19)20/h1-2,4-8,11-16H,3H2. The molecule has 0 aliphatic heterocycles. The number of hydrogen-bond donors (Lipinski definition) is 0. The van der Waals surface area contributed by atoms with Gasteiger partial charge in [-0.15, -0.1) is 0 Å². The Morgan fingerprint density at radius 1 is 0.708 bits per heavy atom. The van der Waals surface area contributed by atoms with Crippen molar-refractivity contribution >= 4 is 32.3 Å². The summed E-state index contributed by atoms with van der Waals surface area (Å²) in [5.41, 5.74) is 2.20. The minimum atomic E-state index is 0.971. The Labute approximate surface area is 141 Å². The van der Waals surface area contributed by atoms with Crippen molar-refractivity contribution in [3.63, 3.8) is 0 Å². The monoisotopic (exact) mass is 303 g/mol. The molecule has 0 heterocycles. The molecule has 0 nitrogen and oxygen atoms in total.